The van der Waals surface area contributed by atoms with Crippen molar-refractivity contribution in [2.45, 2.75) is 134 Å². The number of rotatable bonds is 7. The number of aromatic nitrogens is 2. The molecule has 4 aliphatic heterocycles. The molecule has 4 aliphatic rings. The summed E-state index contributed by atoms with van der Waals surface area (Å²) >= 11 is 1.39. The normalized spacial score (nSPS) is 40.5. The van der Waals surface area contributed by atoms with Gasteiger partial charge in [0.05, 0.1) is 27.6 Å². The summed E-state index contributed by atoms with van der Waals surface area (Å²) < 4.78 is 48.2. The van der Waals surface area contributed by atoms with Crippen molar-refractivity contribution in [1.82, 2.24) is 20.2 Å². The fraction of sp³-hybridized carbons (Fsp3) is 0.674. The summed E-state index contributed by atoms with van der Waals surface area (Å²) in [6.45, 7) is 12.5. The van der Waals surface area contributed by atoms with Crippen LogP contribution in [0.3, 0.4) is 0 Å². The predicted octanol–water partition coefficient (Wildman–Crippen LogP) is 3.92. The number of nitrogens with zero attached hydrogens (tertiary/aromatic N) is 3. The third kappa shape index (κ3) is 8.36. The van der Waals surface area contributed by atoms with Crippen LogP contribution in [0.1, 0.15) is 79.5 Å². The lowest BCUT2D eigenvalue weighted by Gasteiger charge is -2.48. The average Bonchev–Trinajstić information content (AvgIpc) is 3.89. The molecule has 2 aromatic heterocycles. The molecular formula is C43H57FN4O10S. The Morgan fingerprint density at radius 1 is 1.07 bits per heavy atom. The van der Waals surface area contributed by atoms with Crippen LogP contribution >= 0.6 is 11.3 Å². The third-order valence-corrected chi connectivity index (χ3v) is 13.8. The summed E-state index contributed by atoms with van der Waals surface area (Å²) in [6.07, 6.45) is -1.65. The van der Waals surface area contributed by atoms with Gasteiger partial charge in [-0.3, -0.25) is 14.4 Å². The molecule has 14 atom stereocenters. The molecule has 6 rings (SSSR count). The van der Waals surface area contributed by atoms with Gasteiger partial charge in [-0.25, -0.2) is 19.2 Å². The number of ketones is 2. The van der Waals surface area contributed by atoms with Crippen molar-refractivity contribution in [3.63, 3.8) is 0 Å². The second kappa shape index (κ2) is 17.0. The van der Waals surface area contributed by atoms with Crippen LogP contribution in [0.4, 0.5) is 4.39 Å². The topological polar surface area (TPSA) is 176 Å². The standard InChI is InChI=1S/C43H57FN4O10S/c1-11-29-43(8)32-30(37(52)58-43)47-22-40(32,5)33(50)23(2)21-41(6,54-19-12-14-26-15-16-28(59-26)36-45-17-13-18-46-36)35(25(4)34(51)42(7,44)39(53)56-29)57-38-31(49)27(48(9)10)20-24(3)55-38/h13,15-18,23-25,27,29-32,35,38,47,49H,11,19-22H2,1-10H3/t23-,24-,25+,27+,29+,30?,31-,32?,35-,38+,40?,41+,42+,43-/m1/s1. The van der Waals surface area contributed by atoms with E-state index in [-0.39, 0.29) is 37.9 Å². The van der Waals surface area contributed by atoms with Crippen molar-refractivity contribution in [2.24, 2.45) is 23.2 Å². The van der Waals surface area contributed by atoms with Crippen molar-refractivity contribution < 1.29 is 52.4 Å². The van der Waals surface area contributed by atoms with Crippen LogP contribution in [0.15, 0.2) is 30.6 Å². The Balaban J connectivity index is 1.43. The summed E-state index contributed by atoms with van der Waals surface area (Å²) in [4.78, 5) is 68.7. The molecule has 2 aromatic rings. The first kappa shape index (κ1) is 44.9. The first-order valence-corrected chi connectivity index (χ1v) is 21.1. The van der Waals surface area contributed by atoms with E-state index in [2.05, 4.69) is 27.1 Å². The Bertz CT molecular complexity index is 1970. The minimum absolute atomic E-state index is 0.0665. The molecule has 0 aliphatic carbocycles. The first-order chi connectivity index (χ1) is 27.7. The number of aliphatic hydroxyl groups is 1. The van der Waals surface area contributed by atoms with E-state index >= 15 is 4.39 Å². The van der Waals surface area contributed by atoms with Crippen molar-refractivity contribution in [3.8, 4) is 22.5 Å². The zero-order chi connectivity index (χ0) is 43.2. The monoisotopic (exact) mass is 840 g/mol. The first-order valence-electron chi connectivity index (χ1n) is 20.3. The van der Waals surface area contributed by atoms with E-state index in [9.17, 15) is 24.3 Å². The molecule has 4 saturated heterocycles. The number of aliphatic hydroxyl groups excluding tert-OH is 1. The minimum Gasteiger partial charge on any atom is -0.455 e. The van der Waals surface area contributed by atoms with E-state index in [0.717, 1.165) is 11.8 Å². The molecule has 4 fully saturated rings. The molecule has 0 radical (unpaired) electrons. The molecule has 14 nitrogen and oxygen atoms in total. The number of esters is 2. The van der Waals surface area contributed by atoms with Gasteiger partial charge < -0.3 is 39.0 Å². The number of carbonyl (C=O) groups is 4. The van der Waals surface area contributed by atoms with E-state index < -0.39 is 94.4 Å². The lowest BCUT2D eigenvalue weighted by atomic mass is 9.62. The van der Waals surface area contributed by atoms with Gasteiger partial charge >= 0.3 is 11.9 Å². The fourth-order valence-corrected chi connectivity index (χ4v) is 10.7. The zero-order valence-electron chi connectivity index (χ0n) is 35.4. The molecular weight excluding hydrogens is 784 g/mol. The van der Waals surface area contributed by atoms with Gasteiger partial charge in [-0.1, -0.05) is 39.5 Å². The van der Waals surface area contributed by atoms with Crippen LogP contribution in [0, 0.1) is 35.0 Å². The number of Topliss-reactive ketones (excluding diaryl/α,β-unsaturated/α-hetero) is 2. The maximum atomic E-state index is 17.0. The van der Waals surface area contributed by atoms with Gasteiger partial charge in [0.2, 0.25) is 0 Å². The molecule has 0 amide bonds. The zero-order valence-corrected chi connectivity index (χ0v) is 36.3. The summed E-state index contributed by atoms with van der Waals surface area (Å²) in [6, 6.07) is 4.14. The van der Waals surface area contributed by atoms with Gasteiger partial charge in [0.1, 0.15) is 30.6 Å². The van der Waals surface area contributed by atoms with Gasteiger partial charge in [0, 0.05) is 48.1 Å². The SMILES string of the molecule is CC[C@@H]1OC(=O)[C@@](C)(F)C(=O)[C@H](C)[C@@H](O[C@@H]2O[C@H](C)C[C@H](N(C)C)[C@H]2O)[C@@](C)(OCC#Cc2ccc(-c3ncccn3)s2)C[C@@H](C)C(=O)C2(C)CNC3C(=O)O[C@@]1(C)C32. The summed E-state index contributed by atoms with van der Waals surface area (Å²) in [5.41, 5.74) is -7.56. The lowest BCUT2D eigenvalue weighted by Crippen LogP contribution is -2.61. The molecule has 0 saturated carbocycles. The van der Waals surface area contributed by atoms with Gasteiger partial charge in [0.15, 0.2) is 23.5 Å². The molecule has 16 heteroatoms. The molecule has 0 bridgehead atoms. The highest BCUT2D eigenvalue weighted by Gasteiger charge is 2.69. The predicted molar refractivity (Wildman–Crippen MR) is 214 cm³/mol. The number of ether oxygens (including phenoxy) is 5. The highest BCUT2D eigenvalue weighted by atomic mass is 32.1. The number of hydrogen-bond donors (Lipinski definition) is 2. The fourth-order valence-electron chi connectivity index (χ4n) is 9.85. The number of cyclic esters (lactones) is 1. The minimum atomic E-state index is -3.21. The maximum Gasteiger partial charge on any atom is 0.351 e. The molecule has 3 unspecified atom stereocenters. The van der Waals surface area contributed by atoms with Crippen LogP contribution in [0.5, 0.6) is 0 Å². The van der Waals surface area contributed by atoms with E-state index in [1.165, 1.54) is 18.3 Å². The van der Waals surface area contributed by atoms with E-state index in [4.69, 9.17) is 23.7 Å². The third-order valence-electron chi connectivity index (χ3n) is 12.8. The largest absolute Gasteiger partial charge is 0.455 e. The van der Waals surface area contributed by atoms with Crippen molar-refractivity contribution in [2.75, 3.05) is 27.2 Å². The Hall–Kier alpha value is -3.69. The van der Waals surface area contributed by atoms with Gasteiger partial charge in [0.25, 0.3) is 5.67 Å². The number of carbonyl (C=O) groups excluding carboxylic acids is 4. The van der Waals surface area contributed by atoms with Gasteiger partial charge in [-0.05, 0) is 79.3 Å². The molecule has 0 spiro atoms. The van der Waals surface area contributed by atoms with Crippen molar-refractivity contribution in [3.05, 3.63) is 35.5 Å². The summed E-state index contributed by atoms with van der Waals surface area (Å²) in [7, 11) is 3.64. The molecule has 0 aromatic carbocycles. The number of nitrogens with one attached hydrogen (secondary N) is 1. The summed E-state index contributed by atoms with van der Waals surface area (Å²) in [5, 5.41) is 14.8. The maximum absolute atomic E-state index is 17.0. The highest BCUT2D eigenvalue weighted by Crippen LogP contribution is 2.53. The Morgan fingerprint density at radius 2 is 1.76 bits per heavy atom. The number of thiophene rings is 1. The second-order valence-electron chi connectivity index (χ2n) is 17.6. The smallest absolute Gasteiger partial charge is 0.351 e. The lowest BCUT2D eigenvalue weighted by molar-refractivity contribution is -0.296. The van der Waals surface area contributed by atoms with E-state index in [0.29, 0.717) is 17.1 Å². The molecule has 6 heterocycles. The van der Waals surface area contributed by atoms with Gasteiger partial charge in [-0.15, -0.1) is 11.3 Å². The van der Waals surface area contributed by atoms with Crippen LogP contribution in [-0.2, 0) is 42.9 Å². The molecule has 322 valence electrons. The van der Waals surface area contributed by atoms with Crippen LogP contribution in [-0.4, -0.2) is 130 Å². The number of hydrogen-bond acceptors (Lipinski definition) is 15. The summed E-state index contributed by atoms with van der Waals surface area (Å²) in [5.74, 6) is 0.182. The molecule has 2 N–H and O–H groups in total. The van der Waals surface area contributed by atoms with E-state index in [1.807, 2.05) is 38.1 Å². The Kier molecular flexibility index (Phi) is 12.9. The second-order valence-corrected chi connectivity index (χ2v) is 18.6. The number of likely N-dealkylation sites (N-methyl/N-ethyl adjacent to an activating group) is 1. The van der Waals surface area contributed by atoms with Crippen LogP contribution < -0.4 is 5.32 Å². The Morgan fingerprint density at radius 3 is 2.42 bits per heavy atom. The number of alkyl halides is 1. The average molecular weight is 841 g/mol. The van der Waals surface area contributed by atoms with Crippen LogP contribution in [0.25, 0.3) is 10.7 Å². The van der Waals surface area contributed by atoms with Crippen molar-refractivity contribution >= 4 is 34.8 Å². The van der Waals surface area contributed by atoms with E-state index in [1.54, 1.807) is 53.1 Å². The van der Waals surface area contributed by atoms with Crippen LogP contribution in [0.2, 0.25) is 0 Å². The number of halogens is 1. The van der Waals surface area contributed by atoms with Gasteiger partial charge in [-0.2, -0.15) is 0 Å². The van der Waals surface area contributed by atoms with Crippen molar-refractivity contribution in [1.29, 1.82) is 0 Å². The Labute approximate surface area is 349 Å². The molecule has 59 heavy (non-hydrogen) atoms. The highest BCUT2D eigenvalue weighted by molar-refractivity contribution is 7.15. The quantitative estimate of drug-likeness (QED) is 0.233.